The lowest BCUT2D eigenvalue weighted by Gasteiger charge is -2.34. The molecular formula is C37H57ClN4O4S. The molecule has 2 aromatic rings. The van der Waals surface area contributed by atoms with Gasteiger partial charge in [-0.3, -0.25) is 14.6 Å². The van der Waals surface area contributed by atoms with Crippen LogP contribution in [0.2, 0.25) is 4.34 Å². The highest BCUT2D eigenvalue weighted by Crippen LogP contribution is 2.45. The average Bonchev–Trinajstić information content (AvgIpc) is 3.44. The zero-order valence-corrected chi connectivity index (χ0v) is 32.5. The average molecular weight is 689 g/mol. The lowest BCUT2D eigenvalue weighted by molar-refractivity contribution is -0.139. The summed E-state index contributed by atoms with van der Waals surface area (Å²) in [5.41, 5.74) is 4.43. The Morgan fingerprint density at radius 2 is 1.53 bits per heavy atom. The second kappa shape index (κ2) is 17.5. The van der Waals surface area contributed by atoms with Gasteiger partial charge in [-0.05, 0) is 48.8 Å². The molecule has 2 aliphatic rings. The summed E-state index contributed by atoms with van der Waals surface area (Å²) in [6.07, 6.45) is 5.50. The molecule has 0 bridgehead atoms. The molecule has 0 saturated carbocycles. The van der Waals surface area contributed by atoms with E-state index in [9.17, 15) is 9.59 Å². The Morgan fingerprint density at radius 3 is 2.02 bits per heavy atom. The maximum Gasteiger partial charge on any atom is 0.311 e. The number of nitrogens with zero attached hydrogens (tertiary/aromatic N) is 4. The van der Waals surface area contributed by atoms with Crippen molar-refractivity contribution in [3.63, 3.8) is 0 Å². The fraction of sp³-hybridized carbons (Fsp3) is 0.622. The minimum absolute atomic E-state index is 0.0299. The van der Waals surface area contributed by atoms with Gasteiger partial charge in [0, 0.05) is 35.7 Å². The Kier molecular flexibility index (Phi) is 15.0. The van der Waals surface area contributed by atoms with Crippen LogP contribution in [0.1, 0.15) is 117 Å². The van der Waals surface area contributed by atoms with Crippen molar-refractivity contribution in [1.29, 1.82) is 0 Å². The van der Waals surface area contributed by atoms with E-state index in [0.717, 1.165) is 46.0 Å². The predicted molar refractivity (Wildman–Crippen MR) is 197 cm³/mol. The SMILES string of the molecule is CC.CC.COC(=O)CC1=NN(CC(=O)N2CCC(c3nc(-c4cc(C(C)(C)C)c(OC)c(C(C)(C)C)c4)c(Cl)s3)CC2)C(C)C=C1. The number of esters is 1. The quantitative estimate of drug-likeness (QED) is 0.270. The lowest BCUT2D eigenvalue weighted by atomic mass is 9.78. The predicted octanol–water partition coefficient (Wildman–Crippen LogP) is 9.00. The Bertz CT molecular complexity index is 1380. The zero-order chi connectivity index (χ0) is 35.7. The summed E-state index contributed by atoms with van der Waals surface area (Å²) in [6.45, 7) is 24.6. The summed E-state index contributed by atoms with van der Waals surface area (Å²) >= 11 is 8.41. The van der Waals surface area contributed by atoms with E-state index in [1.807, 2.05) is 51.7 Å². The Labute approximate surface area is 292 Å². The molecule has 0 radical (unpaired) electrons. The van der Waals surface area contributed by atoms with Gasteiger partial charge in [-0.2, -0.15) is 5.10 Å². The van der Waals surface area contributed by atoms with Crippen LogP contribution in [0.3, 0.4) is 0 Å². The van der Waals surface area contributed by atoms with Crippen molar-refractivity contribution < 1.29 is 19.1 Å². The van der Waals surface area contributed by atoms with E-state index in [1.54, 1.807) is 23.5 Å². The molecule has 1 fully saturated rings. The van der Waals surface area contributed by atoms with Gasteiger partial charge in [0.25, 0.3) is 0 Å². The first kappa shape index (κ1) is 40.3. The van der Waals surface area contributed by atoms with Crippen molar-refractivity contribution in [2.45, 2.75) is 118 Å². The summed E-state index contributed by atoms with van der Waals surface area (Å²) in [4.78, 5) is 31.9. The molecule has 0 spiro atoms. The van der Waals surface area contributed by atoms with E-state index >= 15 is 0 Å². The van der Waals surface area contributed by atoms with Crippen molar-refractivity contribution in [2.75, 3.05) is 33.9 Å². The van der Waals surface area contributed by atoms with Crippen LogP contribution in [0.15, 0.2) is 29.4 Å². The fourth-order valence-corrected chi connectivity index (χ4v) is 6.89. The summed E-state index contributed by atoms with van der Waals surface area (Å²) in [6, 6.07) is 4.32. The molecule has 1 unspecified atom stereocenters. The van der Waals surface area contributed by atoms with Gasteiger partial charge < -0.3 is 14.4 Å². The number of ether oxygens (including phenoxy) is 2. The minimum Gasteiger partial charge on any atom is -0.496 e. The number of carbonyl (C=O) groups excluding carboxylic acids is 2. The number of aromatic nitrogens is 1. The number of piperidine rings is 1. The second-order valence-electron chi connectivity index (χ2n) is 13.5. The van der Waals surface area contributed by atoms with Gasteiger partial charge in [0.15, 0.2) is 0 Å². The molecule has 1 saturated heterocycles. The molecule has 1 aromatic heterocycles. The second-order valence-corrected chi connectivity index (χ2v) is 15.1. The third-order valence-corrected chi connectivity index (χ3v) is 9.54. The number of halogens is 1. The maximum atomic E-state index is 13.2. The monoisotopic (exact) mass is 688 g/mol. The molecule has 0 aliphatic carbocycles. The number of methoxy groups -OCH3 is 2. The van der Waals surface area contributed by atoms with E-state index in [0.29, 0.717) is 23.1 Å². The third kappa shape index (κ3) is 10.3. The minimum atomic E-state index is -0.354. The zero-order valence-electron chi connectivity index (χ0n) is 30.9. The van der Waals surface area contributed by atoms with Crippen LogP contribution in [-0.2, 0) is 25.2 Å². The molecule has 1 amide bonds. The van der Waals surface area contributed by atoms with Crippen LogP contribution in [0, 0.1) is 0 Å². The molecule has 47 heavy (non-hydrogen) atoms. The third-order valence-electron chi connectivity index (χ3n) is 8.13. The molecule has 8 nitrogen and oxygen atoms in total. The van der Waals surface area contributed by atoms with Crippen molar-refractivity contribution in [3.05, 3.63) is 44.8 Å². The topological polar surface area (TPSA) is 84.3 Å². The molecule has 3 heterocycles. The Morgan fingerprint density at radius 1 is 0.979 bits per heavy atom. The number of likely N-dealkylation sites (tertiary alicyclic amines) is 1. The van der Waals surface area contributed by atoms with Crippen LogP contribution >= 0.6 is 22.9 Å². The Balaban J connectivity index is 0.00000185. The number of carbonyl (C=O) groups is 2. The first-order valence-corrected chi connectivity index (χ1v) is 18.1. The smallest absolute Gasteiger partial charge is 0.311 e. The summed E-state index contributed by atoms with van der Waals surface area (Å²) in [5, 5.41) is 7.29. The molecule has 10 heteroatoms. The lowest BCUT2D eigenvalue weighted by Crippen LogP contribution is -2.45. The number of rotatable bonds is 7. The standard InChI is InChI=1S/C33H45ClN4O4S.2C2H6/c1-20-10-11-23(18-27(40)41-8)36-38(20)19-26(39)37-14-12-21(13-15-37)31-35-28(30(34)43-31)22-16-24(32(2,3)4)29(42-9)25(17-22)33(5,6)7;2*1-2/h10-11,16-17,20-21H,12-15,18-19H2,1-9H3;2*1-2H3. The van der Waals surface area contributed by atoms with Crippen molar-refractivity contribution in [2.24, 2.45) is 5.10 Å². The first-order chi connectivity index (χ1) is 22.1. The van der Waals surface area contributed by atoms with Gasteiger partial charge >= 0.3 is 5.97 Å². The Hall–Kier alpha value is -2.91. The van der Waals surface area contributed by atoms with Crippen molar-refractivity contribution in [3.8, 4) is 17.0 Å². The largest absolute Gasteiger partial charge is 0.496 e. The van der Waals surface area contributed by atoms with Gasteiger partial charge in [-0.25, -0.2) is 4.98 Å². The van der Waals surface area contributed by atoms with Crippen LogP contribution < -0.4 is 4.74 Å². The fourth-order valence-electron chi connectivity index (χ4n) is 5.52. The number of amides is 1. The highest BCUT2D eigenvalue weighted by atomic mass is 35.5. The number of hydrogen-bond acceptors (Lipinski definition) is 8. The summed E-state index contributed by atoms with van der Waals surface area (Å²) < 4.78 is 11.4. The molecule has 0 N–H and O–H groups in total. The molecular weight excluding hydrogens is 632 g/mol. The number of thiazole rings is 1. The van der Waals surface area contributed by atoms with Crippen LogP contribution in [0.25, 0.3) is 11.3 Å². The normalized spacial score (nSPS) is 16.8. The van der Waals surface area contributed by atoms with Gasteiger partial charge in [0.2, 0.25) is 5.91 Å². The van der Waals surface area contributed by atoms with Crippen molar-refractivity contribution >= 4 is 40.5 Å². The van der Waals surface area contributed by atoms with E-state index in [4.69, 9.17) is 26.1 Å². The van der Waals surface area contributed by atoms with E-state index in [-0.39, 0.29) is 47.6 Å². The van der Waals surface area contributed by atoms with Crippen molar-refractivity contribution in [1.82, 2.24) is 14.9 Å². The van der Waals surface area contributed by atoms with Crippen LogP contribution in [-0.4, -0.2) is 72.4 Å². The maximum absolute atomic E-state index is 13.2. The van der Waals surface area contributed by atoms with E-state index < -0.39 is 0 Å². The number of benzene rings is 1. The number of hydrogen-bond donors (Lipinski definition) is 0. The number of hydrazone groups is 1. The first-order valence-electron chi connectivity index (χ1n) is 16.9. The van der Waals surface area contributed by atoms with Crippen LogP contribution in [0.4, 0.5) is 0 Å². The molecule has 2 aliphatic heterocycles. The summed E-state index contributed by atoms with van der Waals surface area (Å²) in [7, 11) is 3.10. The molecule has 262 valence electrons. The highest BCUT2D eigenvalue weighted by Gasteiger charge is 2.31. The van der Waals surface area contributed by atoms with Crippen LogP contribution in [0.5, 0.6) is 5.75 Å². The van der Waals surface area contributed by atoms with Gasteiger partial charge in [0.05, 0.1) is 37.4 Å². The van der Waals surface area contributed by atoms with E-state index in [1.165, 1.54) is 7.11 Å². The number of allylic oxidation sites excluding steroid dienone is 1. The molecule has 1 aromatic carbocycles. The van der Waals surface area contributed by atoms with Gasteiger partial charge in [-0.1, -0.05) is 86.9 Å². The molecule has 4 rings (SSSR count). The molecule has 1 atom stereocenters. The van der Waals surface area contributed by atoms with Gasteiger partial charge in [0.1, 0.15) is 22.3 Å². The van der Waals surface area contributed by atoms with E-state index in [2.05, 4.69) is 58.8 Å². The summed E-state index contributed by atoms with van der Waals surface area (Å²) in [5.74, 6) is 0.840. The highest BCUT2D eigenvalue weighted by molar-refractivity contribution is 7.16. The van der Waals surface area contributed by atoms with Gasteiger partial charge in [-0.15, -0.1) is 11.3 Å².